The number of esters is 1. The van der Waals surface area contributed by atoms with Crippen LogP contribution in [0.1, 0.15) is 67.8 Å². The van der Waals surface area contributed by atoms with Crippen molar-refractivity contribution in [2.24, 2.45) is 0 Å². The molecule has 154 valence electrons. The van der Waals surface area contributed by atoms with Gasteiger partial charge in [-0.3, -0.25) is 0 Å². The molecule has 0 radical (unpaired) electrons. The van der Waals surface area contributed by atoms with Gasteiger partial charge in [0.05, 0.1) is 26.2 Å². The first-order valence-corrected chi connectivity index (χ1v) is 10.5. The topological polar surface area (TPSA) is 59.3 Å². The quantitative estimate of drug-likeness (QED) is 0.312. The molecule has 4 nitrogen and oxygen atoms in total. The Morgan fingerprint density at radius 1 is 0.931 bits per heavy atom. The molecule has 2 rings (SSSR count). The van der Waals surface area contributed by atoms with Crippen LogP contribution in [0.25, 0.3) is 11.1 Å². The average molecular weight is 394 g/mol. The van der Waals surface area contributed by atoms with Gasteiger partial charge in [-0.15, -0.1) is 0 Å². The smallest absolute Gasteiger partial charge is 0.341 e. The average Bonchev–Trinajstić information content (AvgIpc) is 2.76. The van der Waals surface area contributed by atoms with Crippen LogP contribution in [0.15, 0.2) is 42.5 Å². The Balaban J connectivity index is 2.00. The van der Waals surface area contributed by atoms with E-state index in [1.54, 1.807) is 0 Å². The maximum absolute atomic E-state index is 12.3. The SMILES string of the molecule is CCCCCCCCCOc1ccc(-c2ccc(CC#N)cc2)cc1C(=O)OC. The summed E-state index contributed by atoms with van der Waals surface area (Å²) in [6, 6.07) is 15.5. The number of rotatable bonds is 12. The maximum atomic E-state index is 12.3. The molecule has 0 fully saturated rings. The number of ether oxygens (including phenoxy) is 2. The molecule has 29 heavy (non-hydrogen) atoms. The fraction of sp³-hybridized carbons (Fsp3) is 0.440. The molecule has 0 aromatic heterocycles. The summed E-state index contributed by atoms with van der Waals surface area (Å²) >= 11 is 0. The van der Waals surface area contributed by atoms with Crippen molar-refractivity contribution in [3.63, 3.8) is 0 Å². The van der Waals surface area contributed by atoms with Crippen LogP contribution in [0.2, 0.25) is 0 Å². The Kier molecular flexibility index (Phi) is 9.78. The first-order valence-electron chi connectivity index (χ1n) is 10.5. The van der Waals surface area contributed by atoms with Crippen molar-refractivity contribution in [3.05, 3.63) is 53.6 Å². The van der Waals surface area contributed by atoms with Crippen LogP contribution in [-0.4, -0.2) is 19.7 Å². The van der Waals surface area contributed by atoms with Gasteiger partial charge in [-0.25, -0.2) is 4.79 Å². The molecule has 0 bridgehead atoms. The van der Waals surface area contributed by atoms with Crippen molar-refractivity contribution in [1.29, 1.82) is 5.26 Å². The third-order valence-electron chi connectivity index (χ3n) is 4.96. The standard InChI is InChI=1S/C25H31NO3/c1-3-4-5-6-7-8-9-18-29-24-15-14-22(19-23(24)25(27)28-2)21-12-10-20(11-13-21)16-17-26/h10-15,19H,3-9,16,18H2,1-2H3. The highest BCUT2D eigenvalue weighted by Gasteiger charge is 2.15. The molecule has 0 saturated carbocycles. The summed E-state index contributed by atoms with van der Waals surface area (Å²) in [5.74, 6) is 0.162. The largest absolute Gasteiger partial charge is 0.493 e. The summed E-state index contributed by atoms with van der Waals surface area (Å²) in [4.78, 5) is 12.3. The van der Waals surface area contributed by atoms with E-state index < -0.39 is 5.97 Å². The van der Waals surface area contributed by atoms with E-state index in [2.05, 4.69) is 13.0 Å². The molecule has 4 heteroatoms. The van der Waals surface area contributed by atoms with Crippen LogP contribution >= 0.6 is 0 Å². The Morgan fingerprint density at radius 3 is 2.24 bits per heavy atom. The zero-order valence-electron chi connectivity index (χ0n) is 17.6. The highest BCUT2D eigenvalue weighted by molar-refractivity contribution is 5.94. The second-order valence-corrected chi connectivity index (χ2v) is 7.20. The molecule has 2 aromatic carbocycles. The van der Waals surface area contributed by atoms with E-state index >= 15 is 0 Å². The van der Waals surface area contributed by atoms with Gasteiger partial charge in [0.15, 0.2) is 0 Å². The van der Waals surface area contributed by atoms with Crippen molar-refractivity contribution in [3.8, 4) is 22.9 Å². The lowest BCUT2D eigenvalue weighted by Crippen LogP contribution is -2.07. The van der Waals surface area contributed by atoms with Crippen LogP contribution in [0.3, 0.4) is 0 Å². The van der Waals surface area contributed by atoms with Gasteiger partial charge in [0, 0.05) is 0 Å². The minimum atomic E-state index is -0.400. The summed E-state index contributed by atoms with van der Waals surface area (Å²) in [5, 5.41) is 8.80. The number of hydrogen-bond donors (Lipinski definition) is 0. The van der Waals surface area contributed by atoms with Gasteiger partial charge in [-0.1, -0.05) is 75.8 Å². The lowest BCUT2D eigenvalue weighted by molar-refractivity contribution is 0.0596. The van der Waals surface area contributed by atoms with E-state index in [1.165, 1.54) is 39.2 Å². The molecule has 0 atom stereocenters. The molecule has 0 saturated heterocycles. The van der Waals surface area contributed by atoms with E-state index in [0.717, 1.165) is 29.5 Å². The summed E-state index contributed by atoms with van der Waals surface area (Å²) in [5.41, 5.74) is 3.31. The molecular weight excluding hydrogens is 362 g/mol. The molecule has 0 aliphatic rings. The van der Waals surface area contributed by atoms with Crippen molar-refractivity contribution in [2.45, 2.75) is 58.3 Å². The predicted octanol–water partition coefficient (Wildman–Crippen LogP) is 6.34. The van der Waals surface area contributed by atoms with Crippen molar-refractivity contribution in [2.75, 3.05) is 13.7 Å². The number of unbranched alkanes of at least 4 members (excludes halogenated alkanes) is 6. The Hall–Kier alpha value is -2.80. The van der Waals surface area contributed by atoms with Gasteiger partial charge in [0.25, 0.3) is 0 Å². The van der Waals surface area contributed by atoms with Gasteiger partial charge in [-0.05, 0) is 35.2 Å². The molecule has 2 aromatic rings. The Labute approximate surface area is 174 Å². The van der Waals surface area contributed by atoms with Gasteiger partial charge >= 0.3 is 5.97 Å². The molecule has 0 N–H and O–H groups in total. The number of carbonyl (C=O) groups excluding carboxylic acids is 1. The summed E-state index contributed by atoms with van der Waals surface area (Å²) in [6.07, 6.45) is 8.91. The number of carbonyl (C=O) groups is 1. The lowest BCUT2D eigenvalue weighted by atomic mass is 10.0. The van der Waals surface area contributed by atoms with Crippen LogP contribution in [-0.2, 0) is 11.2 Å². The summed E-state index contributed by atoms with van der Waals surface area (Å²) in [7, 11) is 1.38. The van der Waals surface area contributed by atoms with E-state index in [4.69, 9.17) is 14.7 Å². The maximum Gasteiger partial charge on any atom is 0.341 e. The van der Waals surface area contributed by atoms with E-state index in [1.807, 2.05) is 42.5 Å². The van der Waals surface area contributed by atoms with Crippen LogP contribution in [0, 0.1) is 11.3 Å². The first-order chi connectivity index (χ1) is 14.2. The van der Waals surface area contributed by atoms with Crippen molar-refractivity contribution >= 4 is 5.97 Å². The van der Waals surface area contributed by atoms with Crippen molar-refractivity contribution < 1.29 is 14.3 Å². The molecule has 0 spiro atoms. The second-order valence-electron chi connectivity index (χ2n) is 7.20. The number of nitriles is 1. The molecule has 0 amide bonds. The predicted molar refractivity (Wildman–Crippen MR) is 116 cm³/mol. The van der Waals surface area contributed by atoms with Crippen molar-refractivity contribution in [1.82, 2.24) is 0 Å². The van der Waals surface area contributed by atoms with E-state index in [9.17, 15) is 4.79 Å². The second kappa shape index (κ2) is 12.6. The number of hydrogen-bond acceptors (Lipinski definition) is 4. The monoisotopic (exact) mass is 393 g/mol. The highest BCUT2D eigenvalue weighted by atomic mass is 16.5. The molecular formula is C25H31NO3. The number of methoxy groups -OCH3 is 1. The normalized spacial score (nSPS) is 10.4. The Bertz CT molecular complexity index is 806. The zero-order valence-corrected chi connectivity index (χ0v) is 17.6. The summed E-state index contributed by atoms with van der Waals surface area (Å²) in [6.45, 7) is 2.82. The van der Waals surface area contributed by atoms with Crippen LogP contribution in [0.5, 0.6) is 5.75 Å². The Morgan fingerprint density at radius 2 is 1.59 bits per heavy atom. The van der Waals surface area contributed by atoms with E-state index in [0.29, 0.717) is 24.3 Å². The van der Waals surface area contributed by atoms with Gasteiger partial charge in [0.1, 0.15) is 11.3 Å². The number of nitrogens with zero attached hydrogens (tertiary/aromatic N) is 1. The third-order valence-corrected chi connectivity index (χ3v) is 4.96. The van der Waals surface area contributed by atoms with Gasteiger partial charge in [-0.2, -0.15) is 5.26 Å². The minimum Gasteiger partial charge on any atom is -0.493 e. The first kappa shape index (κ1) is 22.5. The molecule has 0 unspecified atom stereocenters. The van der Waals surface area contributed by atoms with Gasteiger partial charge < -0.3 is 9.47 Å². The van der Waals surface area contributed by atoms with Crippen LogP contribution < -0.4 is 4.74 Å². The minimum absolute atomic E-state index is 0.388. The number of benzene rings is 2. The lowest BCUT2D eigenvalue weighted by Gasteiger charge is -2.12. The fourth-order valence-corrected chi connectivity index (χ4v) is 3.25. The van der Waals surface area contributed by atoms with Gasteiger partial charge in [0.2, 0.25) is 0 Å². The molecule has 0 heterocycles. The zero-order chi connectivity index (χ0) is 20.9. The molecule has 0 aliphatic heterocycles. The summed E-state index contributed by atoms with van der Waals surface area (Å²) < 4.78 is 10.8. The highest BCUT2D eigenvalue weighted by Crippen LogP contribution is 2.28. The molecule has 0 aliphatic carbocycles. The fourth-order valence-electron chi connectivity index (χ4n) is 3.25. The third kappa shape index (κ3) is 7.27. The van der Waals surface area contributed by atoms with E-state index in [-0.39, 0.29) is 0 Å². The van der Waals surface area contributed by atoms with Crippen LogP contribution in [0.4, 0.5) is 0 Å².